The van der Waals surface area contributed by atoms with Crippen LogP contribution in [-0.4, -0.2) is 28.7 Å². The summed E-state index contributed by atoms with van der Waals surface area (Å²) in [6.45, 7) is 3.72. The summed E-state index contributed by atoms with van der Waals surface area (Å²) in [5.74, 6) is 0.162. The van der Waals surface area contributed by atoms with Gasteiger partial charge in [0.05, 0.1) is 5.75 Å². The molecular weight excluding hydrogens is 226 g/mol. The molecule has 0 aliphatic carbocycles. The van der Waals surface area contributed by atoms with Crippen molar-refractivity contribution in [3.05, 3.63) is 21.6 Å². The second-order valence-corrected chi connectivity index (χ2v) is 4.21. The molecule has 88 valence electrons. The number of aromatic nitrogens is 2. The lowest BCUT2D eigenvalue weighted by atomic mass is 10.2. The Hall–Kier alpha value is -1.30. The molecule has 0 bridgehead atoms. The Morgan fingerprint density at radius 1 is 1.56 bits per heavy atom. The highest BCUT2D eigenvalue weighted by Gasteiger charge is 2.07. The van der Waals surface area contributed by atoms with E-state index in [1.807, 2.05) is 6.92 Å². The number of rotatable bonds is 4. The lowest BCUT2D eigenvalue weighted by molar-refractivity contribution is -0.118. The van der Waals surface area contributed by atoms with Gasteiger partial charge in [-0.2, -0.15) is 0 Å². The Balaban J connectivity index is 2.84. The molecule has 5 nitrogen and oxygen atoms in total. The smallest absolute Gasteiger partial charge is 0.254 e. The van der Waals surface area contributed by atoms with Crippen molar-refractivity contribution in [2.75, 3.05) is 12.8 Å². The number of aromatic amines is 1. The molecule has 0 spiro atoms. The van der Waals surface area contributed by atoms with E-state index >= 15 is 0 Å². The quantitative estimate of drug-likeness (QED) is 0.594. The van der Waals surface area contributed by atoms with E-state index in [1.54, 1.807) is 14.0 Å². The van der Waals surface area contributed by atoms with Gasteiger partial charge in [-0.05, 0) is 13.3 Å². The van der Waals surface area contributed by atoms with Crippen molar-refractivity contribution in [1.29, 1.82) is 0 Å². The first-order valence-electron chi connectivity index (χ1n) is 5.01. The fourth-order valence-electron chi connectivity index (χ4n) is 1.28. The molecule has 0 fully saturated rings. The summed E-state index contributed by atoms with van der Waals surface area (Å²) in [7, 11) is 1.57. The van der Waals surface area contributed by atoms with Gasteiger partial charge >= 0.3 is 0 Å². The first-order valence-corrected chi connectivity index (χ1v) is 6.00. The van der Waals surface area contributed by atoms with Crippen LogP contribution in [0.25, 0.3) is 0 Å². The van der Waals surface area contributed by atoms with Crippen molar-refractivity contribution in [1.82, 2.24) is 15.3 Å². The summed E-state index contributed by atoms with van der Waals surface area (Å²) in [6.07, 6.45) is 0.661. The fraction of sp³-hybridized carbons (Fsp3) is 0.500. The van der Waals surface area contributed by atoms with Gasteiger partial charge in [-0.3, -0.25) is 9.59 Å². The average Bonchev–Trinajstić information content (AvgIpc) is 2.25. The SMILES string of the molecule is CCc1c(C)nc(SCC(=O)NC)[nH]c1=O. The van der Waals surface area contributed by atoms with E-state index in [9.17, 15) is 9.59 Å². The number of hydrogen-bond donors (Lipinski definition) is 2. The minimum absolute atomic E-state index is 0.0927. The zero-order valence-corrected chi connectivity index (χ0v) is 10.4. The highest BCUT2D eigenvalue weighted by molar-refractivity contribution is 7.99. The van der Waals surface area contributed by atoms with E-state index in [4.69, 9.17) is 0 Å². The molecule has 0 radical (unpaired) electrons. The lowest BCUT2D eigenvalue weighted by Gasteiger charge is -2.04. The van der Waals surface area contributed by atoms with E-state index in [-0.39, 0.29) is 17.2 Å². The molecule has 0 aromatic carbocycles. The molecule has 1 aromatic heterocycles. The maximum absolute atomic E-state index is 11.6. The van der Waals surface area contributed by atoms with Crippen LogP contribution in [0, 0.1) is 6.92 Å². The third-order valence-electron chi connectivity index (χ3n) is 2.17. The predicted molar refractivity (Wildman–Crippen MR) is 63.8 cm³/mol. The molecule has 0 aliphatic rings. The van der Waals surface area contributed by atoms with E-state index < -0.39 is 0 Å². The van der Waals surface area contributed by atoms with Gasteiger partial charge in [0, 0.05) is 18.3 Å². The third-order valence-corrected chi connectivity index (χ3v) is 3.05. The molecule has 1 heterocycles. The van der Waals surface area contributed by atoms with Crippen LogP contribution in [0.15, 0.2) is 9.95 Å². The number of carbonyl (C=O) groups excluding carboxylic acids is 1. The topological polar surface area (TPSA) is 74.8 Å². The number of nitrogens with one attached hydrogen (secondary N) is 2. The molecule has 0 aliphatic heterocycles. The average molecular weight is 241 g/mol. The number of hydrogen-bond acceptors (Lipinski definition) is 4. The Labute approximate surface area is 98.1 Å². The Bertz CT molecular complexity index is 442. The van der Waals surface area contributed by atoms with Gasteiger partial charge < -0.3 is 10.3 Å². The highest BCUT2D eigenvalue weighted by Crippen LogP contribution is 2.12. The van der Waals surface area contributed by atoms with Crippen molar-refractivity contribution in [2.45, 2.75) is 25.4 Å². The first-order chi connectivity index (χ1) is 7.58. The molecule has 0 saturated heterocycles. The van der Waals surface area contributed by atoms with Crippen LogP contribution >= 0.6 is 11.8 Å². The molecule has 1 aromatic rings. The van der Waals surface area contributed by atoms with E-state index in [1.165, 1.54) is 11.8 Å². The zero-order chi connectivity index (χ0) is 12.1. The number of H-pyrrole nitrogens is 1. The summed E-state index contributed by atoms with van der Waals surface area (Å²) in [5.41, 5.74) is 1.31. The molecule has 16 heavy (non-hydrogen) atoms. The molecule has 0 unspecified atom stereocenters. The zero-order valence-electron chi connectivity index (χ0n) is 9.59. The molecule has 0 saturated carbocycles. The highest BCUT2D eigenvalue weighted by atomic mass is 32.2. The number of carbonyl (C=O) groups is 1. The Kier molecular flexibility index (Phi) is 4.54. The molecule has 2 N–H and O–H groups in total. The number of nitrogens with zero attached hydrogens (tertiary/aromatic N) is 1. The standard InChI is InChI=1S/C10H15N3O2S/c1-4-7-6(2)12-10(13-9(7)15)16-5-8(14)11-3/h4-5H2,1-3H3,(H,11,14)(H,12,13,15). The number of thioether (sulfide) groups is 1. The van der Waals surface area contributed by atoms with Gasteiger partial charge in [-0.1, -0.05) is 18.7 Å². The van der Waals surface area contributed by atoms with Gasteiger partial charge in [0.2, 0.25) is 5.91 Å². The minimum Gasteiger partial charge on any atom is -0.358 e. The molecule has 1 rings (SSSR count). The van der Waals surface area contributed by atoms with Crippen LogP contribution in [0.3, 0.4) is 0 Å². The summed E-state index contributed by atoms with van der Waals surface area (Å²) in [6, 6.07) is 0. The van der Waals surface area contributed by atoms with Gasteiger partial charge in [0.1, 0.15) is 0 Å². The van der Waals surface area contributed by atoms with Gasteiger partial charge in [0.25, 0.3) is 5.56 Å². The predicted octanol–water partition coefficient (Wildman–Crippen LogP) is 0.479. The normalized spacial score (nSPS) is 10.2. The van der Waals surface area contributed by atoms with E-state index in [0.29, 0.717) is 17.1 Å². The van der Waals surface area contributed by atoms with Crippen molar-refractivity contribution in [3.63, 3.8) is 0 Å². The maximum Gasteiger partial charge on any atom is 0.254 e. The molecule has 6 heteroatoms. The van der Waals surface area contributed by atoms with Crippen LogP contribution in [0.1, 0.15) is 18.2 Å². The monoisotopic (exact) mass is 241 g/mol. The number of amides is 1. The van der Waals surface area contributed by atoms with Crippen molar-refractivity contribution < 1.29 is 4.79 Å². The van der Waals surface area contributed by atoms with Crippen molar-refractivity contribution in [3.8, 4) is 0 Å². The second-order valence-electron chi connectivity index (χ2n) is 3.25. The minimum atomic E-state index is -0.116. The number of aryl methyl sites for hydroxylation is 1. The van der Waals surface area contributed by atoms with Crippen molar-refractivity contribution >= 4 is 17.7 Å². The molecule has 0 atom stereocenters. The van der Waals surface area contributed by atoms with Gasteiger partial charge in [-0.25, -0.2) is 4.98 Å². The second kappa shape index (κ2) is 5.69. The third kappa shape index (κ3) is 3.10. The van der Waals surface area contributed by atoms with Crippen LogP contribution in [0.5, 0.6) is 0 Å². The largest absolute Gasteiger partial charge is 0.358 e. The van der Waals surface area contributed by atoms with Gasteiger partial charge in [-0.15, -0.1) is 0 Å². The van der Waals surface area contributed by atoms with Crippen LogP contribution < -0.4 is 10.9 Å². The summed E-state index contributed by atoms with van der Waals surface area (Å²) < 4.78 is 0. The first kappa shape index (κ1) is 12.8. The fourth-order valence-corrected chi connectivity index (χ4v) is 2.05. The van der Waals surface area contributed by atoms with Gasteiger partial charge in [0.15, 0.2) is 5.16 Å². The maximum atomic E-state index is 11.6. The van der Waals surface area contributed by atoms with Crippen LogP contribution in [0.4, 0.5) is 0 Å². The lowest BCUT2D eigenvalue weighted by Crippen LogP contribution is -2.21. The Morgan fingerprint density at radius 2 is 2.25 bits per heavy atom. The summed E-state index contributed by atoms with van der Waals surface area (Å²) >= 11 is 1.22. The molecular formula is C10H15N3O2S. The summed E-state index contributed by atoms with van der Waals surface area (Å²) in [5, 5.41) is 3.00. The van der Waals surface area contributed by atoms with E-state index in [0.717, 1.165) is 5.69 Å². The van der Waals surface area contributed by atoms with Crippen LogP contribution in [0.2, 0.25) is 0 Å². The molecule has 1 amide bonds. The van der Waals surface area contributed by atoms with E-state index in [2.05, 4.69) is 15.3 Å². The van der Waals surface area contributed by atoms with Crippen molar-refractivity contribution in [2.24, 2.45) is 0 Å². The summed E-state index contributed by atoms with van der Waals surface area (Å²) in [4.78, 5) is 29.5. The Morgan fingerprint density at radius 3 is 2.75 bits per heavy atom. The van der Waals surface area contributed by atoms with Crippen LogP contribution in [-0.2, 0) is 11.2 Å².